The van der Waals surface area contributed by atoms with Crippen LogP contribution in [0, 0.1) is 3.77 Å². The molecule has 3 heteroatoms. The van der Waals surface area contributed by atoms with Crippen LogP contribution < -0.4 is 5.32 Å². The molecule has 0 aliphatic heterocycles. The average molecular weight is 299 g/mol. The van der Waals surface area contributed by atoms with Crippen molar-refractivity contribution in [2.45, 2.75) is 6.54 Å². The first-order valence-corrected chi connectivity index (χ1v) is 5.45. The fourth-order valence-electron chi connectivity index (χ4n) is 1.19. The lowest BCUT2D eigenvalue weighted by Gasteiger charge is -2.02. The van der Waals surface area contributed by atoms with E-state index in [1.807, 2.05) is 42.5 Å². The molecule has 0 aliphatic carbocycles. The first-order chi connectivity index (χ1) is 6.84. The summed E-state index contributed by atoms with van der Waals surface area (Å²) < 4.78 is 6.35. The molecule has 0 radical (unpaired) electrons. The summed E-state index contributed by atoms with van der Waals surface area (Å²) in [5.41, 5.74) is 1.11. The molecule has 0 spiro atoms. The Bertz CT molecular complexity index is 397. The summed E-state index contributed by atoms with van der Waals surface area (Å²) in [5, 5.41) is 3.28. The van der Waals surface area contributed by atoms with Gasteiger partial charge >= 0.3 is 0 Å². The van der Waals surface area contributed by atoms with E-state index in [0.29, 0.717) is 0 Å². The van der Waals surface area contributed by atoms with Gasteiger partial charge in [0.25, 0.3) is 0 Å². The highest BCUT2D eigenvalue weighted by molar-refractivity contribution is 14.1. The van der Waals surface area contributed by atoms with E-state index in [9.17, 15) is 0 Å². The minimum atomic E-state index is 0.729. The van der Waals surface area contributed by atoms with Crippen LogP contribution in [0.25, 0.3) is 0 Å². The number of benzene rings is 1. The highest BCUT2D eigenvalue weighted by atomic mass is 127. The van der Waals surface area contributed by atoms with Gasteiger partial charge in [-0.15, -0.1) is 0 Å². The highest BCUT2D eigenvalue weighted by Crippen LogP contribution is 2.12. The quantitative estimate of drug-likeness (QED) is 0.878. The van der Waals surface area contributed by atoms with E-state index in [1.165, 1.54) is 0 Å². The molecule has 1 N–H and O–H groups in total. The second-order valence-corrected chi connectivity index (χ2v) is 3.99. The van der Waals surface area contributed by atoms with E-state index in [2.05, 4.69) is 27.9 Å². The zero-order valence-electron chi connectivity index (χ0n) is 7.53. The standard InChI is InChI=1S/C11H10INO/c12-11-7-6-10(14-11)8-13-9-4-2-1-3-5-9/h1-7,13H,8H2. The van der Waals surface area contributed by atoms with Crippen molar-refractivity contribution in [2.24, 2.45) is 0 Å². The largest absolute Gasteiger partial charge is 0.454 e. The molecule has 0 saturated carbocycles. The molecular formula is C11H10INO. The fraction of sp³-hybridized carbons (Fsp3) is 0.0909. The predicted octanol–water partition coefficient (Wildman–Crippen LogP) is 3.50. The van der Waals surface area contributed by atoms with Crippen molar-refractivity contribution in [1.82, 2.24) is 0 Å². The predicted molar refractivity (Wildman–Crippen MR) is 65.2 cm³/mol. The summed E-state index contributed by atoms with van der Waals surface area (Å²) >= 11 is 2.16. The number of hydrogen-bond acceptors (Lipinski definition) is 2. The number of hydrogen-bond donors (Lipinski definition) is 1. The molecule has 0 aliphatic rings. The Morgan fingerprint density at radius 3 is 2.50 bits per heavy atom. The Morgan fingerprint density at radius 2 is 1.86 bits per heavy atom. The van der Waals surface area contributed by atoms with Crippen molar-refractivity contribution in [3.63, 3.8) is 0 Å². The van der Waals surface area contributed by atoms with Crippen molar-refractivity contribution in [2.75, 3.05) is 5.32 Å². The van der Waals surface area contributed by atoms with E-state index in [1.54, 1.807) is 0 Å². The highest BCUT2D eigenvalue weighted by Gasteiger charge is 1.98. The van der Waals surface area contributed by atoms with Gasteiger partial charge in [-0.25, -0.2) is 0 Å². The molecule has 2 nitrogen and oxygen atoms in total. The summed E-state index contributed by atoms with van der Waals surface area (Å²) in [4.78, 5) is 0. The molecule has 0 atom stereocenters. The molecule has 0 bridgehead atoms. The maximum absolute atomic E-state index is 5.43. The van der Waals surface area contributed by atoms with Gasteiger partial charge in [0, 0.05) is 5.69 Å². The van der Waals surface area contributed by atoms with Gasteiger partial charge in [0.2, 0.25) is 0 Å². The lowest BCUT2D eigenvalue weighted by Crippen LogP contribution is -1.97. The van der Waals surface area contributed by atoms with Crippen LogP contribution in [0.15, 0.2) is 46.9 Å². The van der Waals surface area contributed by atoms with Crippen LogP contribution in [-0.4, -0.2) is 0 Å². The maximum atomic E-state index is 5.43. The lowest BCUT2D eigenvalue weighted by molar-refractivity contribution is 0.493. The molecular weight excluding hydrogens is 289 g/mol. The molecule has 0 amide bonds. The third-order valence-electron chi connectivity index (χ3n) is 1.87. The summed E-state index contributed by atoms with van der Waals surface area (Å²) in [6.45, 7) is 0.729. The van der Waals surface area contributed by atoms with Gasteiger partial charge in [0.1, 0.15) is 5.76 Å². The van der Waals surface area contributed by atoms with Gasteiger partial charge in [-0.1, -0.05) is 18.2 Å². The first-order valence-electron chi connectivity index (χ1n) is 4.38. The summed E-state index contributed by atoms with van der Waals surface area (Å²) in [5.74, 6) is 0.957. The Morgan fingerprint density at radius 1 is 1.07 bits per heavy atom. The topological polar surface area (TPSA) is 25.2 Å². The van der Waals surface area contributed by atoms with Crippen molar-refractivity contribution < 1.29 is 4.42 Å². The molecule has 1 aromatic carbocycles. The Balaban J connectivity index is 1.95. The van der Waals surface area contributed by atoms with Gasteiger partial charge < -0.3 is 9.73 Å². The van der Waals surface area contributed by atoms with Crippen LogP contribution in [0.1, 0.15) is 5.76 Å². The molecule has 0 saturated heterocycles. The fourth-order valence-corrected chi connectivity index (χ4v) is 1.65. The second-order valence-electron chi connectivity index (χ2n) is 2.93. The van der Waals surface area contributed by atoms with Crippen LogP contribution >= 0.6 is 22.6 Å². The number of anilines is 1. The molecule has 1 heterocycles. The molecule has 0 fully saturated rings. The minimum Gasteiger partial charge on any atom is -0.454 e. The van der Waals surface area contributed by atoms with E-state index in [0.717, 1.165) is 21.8 Å². The number of para-hydroxylation sites is 1. The van der Waals surface area contributed by atoms with E-state index < -0.39 is 0 Å². The minimum absolute atomic E-state index is 0.729. The molecule has 2 aromatic rings. The molecule has 14 heavy (non-hydrogen) atoms. The first kappa shape index (κ1) is 9.58. The van der Waals surface area contributed by atoms with Gasteiger partial charge in [-0.2, -0.15) is 0 Å². The number of rotatable bonds is 3. The lowest BCUT2D eigenvalue weighted by atomic mass is 10.3. The van der Waals surface area contributed by atoms with E-state index in [-0.39, 0.29) is 0 Å². The maximum Gasteiger partial charge on any atom is 0.164 e. The molecule has 72 valence electrons. The van der Waals surface area contributed by atoms with Gasteiger partial charge in [-0.3, -0.25) is 0 Å². The Hall–Kier alpha value is -0.970. The van der Waals surface area contributed by atoms with Crippen molar-refractivity contribution in [3.8, 4) is 0 Å². The monoisotopic (exact) mass is 299 g/mol. The third kappa shape index (κ3) is 2.51. The molecule has 1 aromatic heterocycles. The Kier molecular flexibility index (Phi) is 3.08. The van der Waals surface area contributed by atoms with Crippen LogP contribution in [0.2, 0.25) is 0 Å². The summed E-state index contributed by atoms with van der Waals surface area (Å²) in [7, 11) is 0. The smallest absolute Gasteiger partial charge is 0.164 e. The van der Waals surface area contributed by atoms with E-state index in [4.69, 9.17) is 4.42 Å². The van der Waals surface area contributed by atoms with Crippen molar-refractivity contribution in [1.29, 1.82) is 0 Å². The molecule has 2 rings (SSSR count). The SMILES string of the molecule is Ic1ccc(CNc2ccccc2)o1. The number of furan rings is 1. The average Bonchev–Trinajstić information content (AvgIpc) is 2.63. The third-order valence-corrected chi connectivity index (χ3v) is 2.45. The number of nitrogens with one attached hydrogen (secondary N) is 1. The normalized spacial score (nSPS) is 10.1. The van der Waals surface area contributed by atoms with E-state index >= 15 is 0 Å². The molecule has 0 unspecified atom stereocenters. The van der Waals surface area contributed by atoms with Crippen molar-refractivity contribution in [3.05, 3.63) is 52.0 Å². The van der Waals surface area contributed by atoms with Crippen LogP contribution in [0.3, 0.4) is 0 Å². The zero-order valence-corrected chi connectivity index (χ0v) is 9.69. The van der Waals surface area contributed by atoms with Gasteiger partial charge in [0.05, 0.1) is 6.54 Å². The van der Waals surface area contributed by atoms with Gasteiger partial charge in [-0.05, 0) is 46.9 Å². The Labute approximate surface area is 96.5 Å². The van der Waals surface area contributed by atoms with Crippen LogP contribution in [0.5, 0.6) is 0 Å². The summed E-state index contributed by atoms with van der Waals surface area (Å²) in [6, 6.07) is 14.0. The van der Waals surface area contributed by atoms with Gasteiger partial charge in [0.15, 0.2) is 3.77 Å². The zero-order chi connectivity index (χ0) is 9.80. The van der Waals surface area contributed by atoms with Crippen molar-refractivity contribution >= 4 is 28.3 Å². The number of halogens is 1. The summed E-state index contributed by atoms with van der Waals surface area (Å²) in [6.07, 6.45) is 0. The van der Waals surface area contributed by atoms with Crippen LogP contribution in [0.4, 0.5) is 5.69 Å². The second kappa shape index (κ2) is 4.50. The van der Waals surface area contributed by atoms with Crippen LogP contribution in [-0.2, 0) is 6.54 Å².